The minimum absolute atomic E-state index is 0. The second-order valence-electron chi connectivity index (χ2n) is 6.60. The number of hydrogen-bond donors (Lipinski definition) is 1. The van der Waals surface area contributed by atoms with Gasteiger partial charge < -0.3 is 10.5 Å². The van der Waals surface area contributed by atoms with Gasteiger partial charge in [-0.1, -0.05) is 18.6 Å². The average molecular weight is 347 g/mol. The highest BCUT2D eigenvalue weighted by molar-refractivity contribution is 5.85. The normalized spacial score (nSPS) is 29.0. The maximum absolute atomic E-state index is 12.2. The lowest BCUT2D eigenvalue weighted by molar-refractivity contribution is -0.0498. The summed E-state index contributed by atoms with van der Waals surface area (Å²) < 4.78 is 28.8. The molecule has 1 aromatic rings. The summed E-state index contributed by atoms with van der Waals surface area (Å²) in [5.74, 6) is 1.54. The molecule has 4 unspecified atom stereocenters. The summed E-state index contributed by atoms with van der Waals surface area (Å²) in [6.07, 6.45) is 3.66. The second kappa shape index (κ2) is 7.77. The predicted octanol–water partition coefficient (Wildman–Crippen LogP) is 3.83. The predicted molar refractivity (Wildman–Crippen MR) is 89.1 cm³/mol. The summed E-state index contributed by atoms with van der Waals surface area (Å²) in [6, 6.07) is 7.60. The van der Waals surface area contributed by atoms with Gasteiger partial charge in [-0.2, -0.15) is 8.78 Å². The first-order valence-corrected chi connectivity index (χ1v) is 8.09. The highest BCUT2D eigenvalue weighted by Gasteiger charge is 2.40. The molecule has 0 amide bonds. The fourth-order valence-corrected chi connectivity index (χ4v) is 4.01. The van der Waals surface area contributed by atoms with Crippen LogP contribution in [0.15, 0.2) is 24.3 Å². The van der Waals surface area contributed by atoms with Gasteiger partial charge in [0.1, 0.15) is 5.75 Å². The van der Waals surface area contributed by atoms with Crippen molar-refractivity contribution in [3.05, 3.63) is 29.8 Å². The minimum Gasteiger partial charge on any atom is -0.435 e. The maximum atomic E-state index is 12.2. The Kier molecular flexibility index (Phi) is 6.23. The summed E-state index contributed by atoms with van der Waals surface area (Å²) in [5, 5.41) is 0. The number of benzene rings is 1. The Morgan fingerprint density at radius 1 is 1.17 bits per heavy atom. The molecule has 1 aliphatic carbocycles. The van der Waals surface area contributed by atoms with Crippen molar-refractivity contribution in [1.82, 2.24) is 4.90 Å². The van der Waals surface area contributed by atoms with E-state index in [1.54, 1.807) is 12.1 Å². The number of nitrogens with zero attached hydrogens (tertiary/aromatic N) is 1. The van der Waals surface area contributed by atoms with E-state index in [0.29, 0.717) is 17.9 Å². The molecule has 1 saturated heterocycles. The summed E-state index contributed by atoms with van der Waals surface area (Å²) in [5.41, 5.74) is 7.41. The van der Waals surface area contributed by atoms with Gasteiger partial charge in [-0.3, -0.25) is 4.90 Å². The lowest BCUT2D eigenvalue weighted by Crippen LogP contribution is -2.38. The number of likely N-dealkylation sites (tertiary alicyclic amines) is 1. The number of nitrogens with two attached hydrogens (primary N) is 1. The van der Waals surface area contributed by atoms with Gasteiger partial charge in [-0.05, 0) is 49.3 Å². The molecule has 23 heavy (non-hydrogen) atoms. The molecule has 0 radical (unpaired) electrons. The van der Waals surface area contributed by atoms with Gasteiger partial charge in [-0.25, -0.2) is 0 Å². The van der Waals surface area contributed by atoms with Gasteiger partial charge in [0.15, 0.2) is 0 Å². The molecule has 1 heterocycles. The Labute approximate surface area is 142 Å². The van der Waals surface area contributed by atoms with Crippen LogP contribution in [0.3, 0.4) is 0 Å². The standard InChI is InChI=1S/C17H24F2N2O.ClH/c1-11(12-5-7-14(8-6-12)22-17(18)19)21-9-13-3-2-4-16(20)15(13)10-21;/h5-8,11,13,15-17H,2-4,9-10,20H2,1H3;1H. The third-order valence-corrected chi connectivity index (χ3v) is 5.32. The van der Waals surface area contributed by atoms with Crippen LogP contribution in [-0.2, 0) is 0 Å². The summed E-state index contributed by atoms with van der Waals surface area (Å²) in [6.45, 7) is 1.54. The molecule has 1 aromatic carbocycles. The summed E-state index contributed by atoms with van der Waals surface area (Å²) in [4.78, 5) is 2.48. The summed E-state index contributed by atoms with van der Waals surface area (Å²) in [7, 11) is 0. The first-order valence-electron chi connectivity index (χ1n) is 8.09. The maximum Gasteiger partial charge on any atom is 0.387 e. The first-order chi connectivity index (χ1) is 10.5. The van der Waals surface area contributed by atoms with E-state index < -0.39 is 6.61 Å². The third-order valence-electron chi connectivity index (χ3n) is 5.32. The molecule has 1 saturated carbocycles. The fraction of sp³-hybridized carbons (Fsp3) is 0.647. The quantitative estimate of drug-likeness (QED) is 0.900. The molecule has 3 rings (SSSR count). The molecule has 1 aliphatic heterocycles. The van der Waals surface area contributed by atoms with Gasteiger partial charge >= 0.3 is 6.61 Å². The van der Waals surface area contributed by atoms with Crippen molar-refractivity contribution in [2.75, 3.05) is 13.1 Å². The topological polar surface area (TPSA) is 38.5 Å². The Hall–Kier alpha value is -0.910. The van der Waals surface area contributed by atoms with E-state index in [4.69, 9.17) is 5.73 Å². The number of fused-ring (bicyclic) bond motifs is 1. The average Bonchev–Trinajstić information content (AvgIpc) is 2.92. The largest absolute Gasteiger partial charge is 0.435 e. The van der Waals surface area contributed by atoms with Gasteiger partial charge in [0.05, 0.1) is 0 Å². The summed E-state index contributed by atoms with van der Waals surface area (Å²) >= 11 is 0. The molecule has 3 nitrogen and oxygen atoms in total. The molecular formula is C17H25ClF2N2O. The Morgan fingerprint density at radius 2 is 1.87 bits per heavy atom. The van der Waals surface area contributed by atoms with Crippen LogP contribution in [-0.4, -0.2) is 30.6 Å². The van der Waals surface area contributed by atoms with E-state index in [0.717, 1.165) is 25.1 Å². The second-order valence-corrected chi connectivity index (χ2v) is 6.60. The molecule has 2 N–H and O–H groups in total. The Balaban J connectivity index is 0.00000192. The number of hydrogen-bond acceptors (Lipinski definition) is 3. The van der Waals surface area contributed by atoms with Crippen LogP contribution < -0.4 is 10.5 Å². The molecule has 6 heteroatoms. The molecular weight excluding hydrogens is 322 g/mol. The molecule has 4 atom stereocenters. The number of rotatable bonds is 4. The fourth-order valence-electron chi connectivity index (χ4n) is 4.01. The van der Waals surface area contributed by atoms with Crippen LogP contribution >= 0.6 is 12.4 Å². The highest BCUT2D eigenvalue weighted by Crippen LogP contribution is 2.39. The van der Waals surface area contributed by atoms with E-state index in [1.165, 1.54) is 12.8 Å². The van der Waals surface area contributed by atoms with Gasteiger partial charge in [0, 0.05) is 25.2 Å². The van der Waals surface area contributed by atoms with Crippen LogP contribution in [0, 0.1) is 11.8 Å². The SMILES string of the molecule is CC(c1ccc(OC(F)F)cc1)N1CC2CCCC(N)C2C1.Cl. The van der Waals surface area contributed by atoms with Crippen LogP contribution in [0.5, 0.6) is 5.75 Å². The molecule has 2 aliphatic rings. The van der Waals surface area contributed by atoms with Gasteiger partial charge in [0.25, 0.3) is 0 Å². The minimum atomic E-state index is -2.77. The van der Waals surface area contributed by atoms with E-state index in [-0.39, 0.29) is 24.2 Å². The molecule has 0 spiro atoms. The Bertz CT molecular complexity index is 500. The smallest absolute Gasteiger partial charge is 0.387 e. The zero-order valence-electron chi connectivity index (χ0n) is 13.3. The van der Waals surface area contributed by atoms with Crippen molar-refractivity contribution in [3.8, 4) is 5.75 Å². The zero-order chi connectivity index (χ0) is 15.7. The third kappa shape index (κ3) is 4.14. The monoisotopic (exact) mass is 346 g/mol. The zero-order valence-corrected chi connectivity index (χ0v) is 14.1. The molecule has 0 bridgehead atoms. The van der Waals surface area contributed by atoms with Crippen molar-refractivity contribution in [1.29, 1.82) is 0 Å². The highest BCUT2D eigenvalue weighted by atomic mass is 35.5. The van der Waals surface area contributed by atoms with E-state index in [1.807, 2.05) is 12.1 Å². The van der Waals surface area contributed by atoms with Crippen LogP contribution in [0.25, 0.3) is 0 Å². The van der Waals surface area contributed by atoms with Crippen LogP contribution in [0.4, 0.5) is 8.78 Å². The van der Waals surface area contributed by atoms with Crippen molar-refractivity contribution >= 4 is 12.4 Å². The Morgan fingerprint density at radius 3 is 2.48 bits per heavy atom. The van der Waals surface area contributed by atoms with Gasteiger partial charge in [0.2, 0.25) is 0 Å². The van der Waals surface area contributed by atoms with Crippen LogP contribution in [0.1, 0.15) is 37.8 Å². The van der Waals surface area contributed by atoms with Crippen molar-refractivity contribution in [2.45, 2.75) is 44.9 Å². The lowest BCUT2D eigenvalue weighted by atomic mass is 9.78. The molecule has 2 fully saturated rings. The van der Waals surface area contributed by atoms with E-state index in [2.05, 4.69) is 16.6 Å². The van der Waals surface area contributed by atoms with E-state index in [9.17, 15) is 8.78 Å². The molecule has 0 aromatic heterocycles. The molecule has 130 valence electrons. The number of ether oxygens (including phenoxy) is 1. The first kappa shape index (κ1) is 18.4. The van der Waals surface area contributed by atoms with Crippen molar-refractivity contribution in [2.24, 2.45) is 17.6 Å². The van der Waals surface area contributed by atoms with Gasteiger partial charge in [-0.15, -0.1) is 12.4 Å². The lowest BCUT2D eigenvalue weighted by Gasteiger charge is -2.30. The van der Waals surface area contributed by atoms with Crippen molar-refractivity contribution in [3.63, 3.8) is 0 Å². The van der Waals surface area contributed by atoms with Crippen molar-refractivity contribution < 1.29 is 13.5 Å². The number of halogens is 3. The van der Waals surface area contributed by atoms with E-state index >= 15 is 0 Å². The number of alkyl halides is 2. The van der Waals surface area contributed by atoms with Crippen LogP contribution in [0.2, 0.25) is 0 Å².